The van der Waals surface area contributed by atoms with Gasteiger partial charge in [-0.2, -0.15) is 5.26 Å². The zero-order chi connectivity index (χ0) is 20.8. The molecule has 0 spiro atoms. The topological polar surface area (TPSA) is 92.4 Å². The molecule has 0 aliphatic carbocycles. The fourth-order valence-corrected chi connectivity index (χ4v) is 2.71. The molecule has 3 aromatic rings. The molecule has 1 atom stereocenters. The number of nitrogens with zero attached hydrogens (tertiary/aromatic N) is 2. The van der Waals surface area contributed by atoms with Crippen LogP contribution in [0.4, 0.5) is 4.39 Å². The van der Waals surface area contributed by atoms with E-state index in [4.69, 9.17) is 9.47 Å². The van der Waals surface area contributed by atoms with Gasteiger partial charge in [0.15, 0.2) is 0 Å². The van der Waals surface area contributed by atoms with Crippen molar-refractivity contribution in [2.75, 3.05) is 0 Å². The Kier molecular flexibility index (Phi) is 6.05. The Morgan fingerprint density at radius 1 is 1.24 bits per heavy atom. The average molecular weight is 392 g/mol. The van der Waals surface area contributed by atoms with Crippen LogP contribution >= 0.6 is 0 Å². The number of ether oxygens (including phenoxy) is 2. The first-order chi connectivity index (χ1) is 14.0. The van der Waals surface area contributed by atoms with Crippen molar-refractivity contribution in [3.63, 3.8) is 0 Å². The van der Waals surface area contributed by atoms with E-state index in [2.05, 4.69) is 4.98 Å². The lowest BCUT2D eigenvalue weighted by Gasteiger charge is -2.18. The molecule has 29 heavy (non-hydrogen) atoms. The van der Waals surface area contributed by atoms with Crippen LogP contribution in [0.25, 0.3) is 0 Å². The Labute approximate surface area is 166 Å². The first-order valence-electron chi connectivity index (χ1n) is 8.71. The Hall–Kier alpha value is -3.92. The number of aliphatic carboxylic acids is 1. The maximum atomic E-state index is 13.7. The molecule has 0 aliphatic heterocycles. The van der Waals surface area contributed by atoms with E-state index in [1.165, 1.54) is 36.5 Å². The SMILES string of the molecule is Cc1ccccc1C(Oc1cc(OCc2ncccc2F)ccc1C#N)C(=O)O. The Bertz CT molecular complexity index is 1080. The third kappa shape index (κ3) is 4.68. The number of hydrogen-bond donors (Lipinski definition) is 1. The van der Waals surface area contributed by atoms with Crippen molar-refractivity contribution in [2.24, 2.45) is 0 Å². The molecule has 1 heterocycles. The third-order valence-corrected chi connectivity index (χ3v) is 4.22. The van der Waals surface area contributed by atoms with Gasteiger partial charge in [-0.3, -0.25) is 4.98 Å². The summed E-state index contributed by atoms with van der Waals surface area (Å²) in [5, 5.41) is 19.0. The highest BCUT2D eigenvalue weighted by molar-refractivity contribution is 5.75. The molecule has 0 aliphatic rings. The van der Waals surface area contributed by atoms with Gasteiger partial charge in [0.1, 0.15) is 35.7 Å². The second kappa shape index (κ2) is 8.85. The number of halogens is 1. The lowest BCUT2D eigenvalue weighted by atomic mass is 10.0. The minimum Gasteiger partial charge on any atom is -0.487 e. The predicted octanol–water partition coefficient (Wildman–Crippen LogP) is 4.18. The number of carboxylic acids is 1. The van der Waals surface area contributed by atoms with Gasteiger partial charge in [-0.1, -0.05) is 24.3 Å². The number of rotatable bonds is 7. The van der Waals surface area contributed by atoms with Crippen LogP contribution in [-0.2, 0) is 11.4 Å². The summed E-state index contributed by atoms with van der Waals surface area (Å²) in [5.41, 5.74) is 1.51. The summed E-state index contributed by atoms with van der Waals surface area (Å²) in [4.78, 5) is 15.7. The zero-order valence-electron chi connectivity index (χ0n) is 15.5. The first-order valence-corrected chi connectivity index (χ1v) is 8.71. The molecule has 0 fully saturated rings. The van der Waals surface area contributed by atoms with Crippen molar-refractivity contribution in [3.05, 3.63) is 89.0 Å². The van der Waals surface area contributed by atoms with Crippen molar-refractivity contribution in [1.82, 2.24) is 4.98 Å². The van der Waals surface area contributed by atoms with Crippen LogP contribution in [0.5, 0.6) is 11.5 Å². The van der Waals surface area contributed by atoms with Crippen LogP contribution < -0.4 is 9.47 Å². The highest BCUT2D eigenvalue weighted by atomic mass is 19.1. The molecule has 1 aromatic heterocycles. The van der Waals surface area contributed by atoms with Crippen molar-refractivity contribution in [1.29, 1.82) is 5.26 Å². The Morgan fingerprint density at radius 3 is 2.72 bits per heavy atom. The number of carboxylic acid groups (broad SMARTS) is 1. The molecule has 1 unspecified atom stereocenters. The molecule has 7 heteroatoms. The molecule has 2 aromatic carbocycles. The van der Waals surface area contributed by atoms with E-state index in [-0.39, 0.29) is 29.4 Å². The lowest BCUT2D eigenvalue weighted by molar-refractivity contribution is -0.145. The molecule has 0 bridgehead atoms. The van der Waals surface area contributed by atoms with Crippen molar-refractivity contribution in [2.45, 2.75) is 19.6 Å². The van der Waals surface area contributed by atoms with E-state index in [1.807, 2.05) is 6.07 Å². The Balaban J connectivity index is 1.87. The summed E-state index contributed by atoms with van der Waals surface area (Å²) in [7, 11) is 0. The predicted molar refractivity (Wildman–Crippen MR) is 102 cm³/mol. The van der Waals surface area contributed by atoms with Crippen LogP contribution in [0.2, 0.25) is 0 Å². The van der Waals surface area contributed by atoms with Crippen molar-refractivity contribution < 1.29 is 23.8 Å². The van der Waals surface area contributed by atoms with Gasteiger partial charge in [0.05, 0.1) is 5.56 Å². The monoisotopic (exact) mass is 392 g/mol. The number of nitriles is 1. The maximum Gasteiger partial charge on any atom is 0.349 e. The van der Waals surface area contributed by atoms with Gasteiger partial charge in [0.2, 0.25) is 6.10 Å². The number of hydrogen-bond acceptors (Lipinski definition) is 5. The lowest BCUT2D eigenvalue weighted by Crippen LogP contribution is -2.19. The number of pyridine rings is 1. The number of aromatic nitrogens is 1. The molecular formula is C22H17FN2O4. The van der Waals surface area contributed by atoms with Gasteiger partial charge >= 0.3 is 5.97 Å². The molecular weight excluding hydrogens is 375 g/mol. The molecule has 3 rings (SSSR count). The fourth-order valence-electron chi connectivity index (χ4n) is 2.71. The molecule has 146 valence electrons. The molecule has 0 amide bonds. The third-order valence-electron chi connectivity index (χ3n) is 4.22. The van der Waals surface area contributed by atoms with E-state index >= 15 is 0 Å². The standard InChI is InChI=1S/C22H17FN2O4/c1-14-5-2-3-6-17(14)21(22(26)27)29-20-11-16(9-8-15(20)12-24)28-13-19-18(23)7-4-10-25-19/h2-11,21H,13H2,1H3,(H,26,27). The van der Waals surface area contributed by atoms with Crippen molar-refractivity contribution >= 4 is 5.97 Å². The number of carbonyl (C=O) groups is 1. The highest BCUT2D eigenvalue weighted by Crippen LogP contribution is 2.30. The first kappa shape index (κ1) is 19.8. The summed E-state index contributed by atoms with van der Waals surface area (Å²) in [6, 6.07) is 16.1. The summed E-state index contributed by atoms with van der Waals surface area (Å²) in [5.74, 6) is -1.34. The van der Waals surface area contributed by atoms with Gasteiger partial charge in [-0.25, -0.2) is 9.18 Å². The van der Waals surface area contributed by atoms with Gasteiger partial charge in [-0.05, 0) is 36.8 Å². The zero-order valence-corrected chi connectivity index (χ0v) is 15.5. The fraction of sp³-hybridized carbons (Fsp3) is 0.136. The van der Waals surface area contributed by atoms with Crippen LogP contribution in [-0.4, -0.2) is 16.1 Å². The maximum absolute atomic E-state index is 13.7. The normalized spacial score (nSPS) is 11.3. The van der Waals surface area contributed by atoms with E-state index in [1.54, 1.807) is 31.2 Å². The van der Waals surface area contributed by atoms with Crippen LogP contribution in [0, 0.1) is 24.1 Å². The number of benzene rings is 2. The quantitative estimate of drug-likeness (QED) is 0.648. The summed E-state index contributed by atoms with van der Waals surface area (Å²) in [6.07, 6.45) is 0.154. The minimum absolute atomic E-state index is 0.0575. The van der Waals surface area contributed by atoms with Crippen LogP contribution in [0.15, 0.2) is 60.8 Å². The van der Waals surface area contributed by atoms with E-state index in [0.29, 0.717) is 5.56 Å². The minimum atomic E-state index is -1.30. The average Bonchev–Trinajstić information content (AvgIpc) is 2.72. The Morgan fingerprint density at radius 2 is 2.03 bits per heavy atom. The van der Waals surface area contributed by atoms with Gasteiger partial charge in [0, 0.05) is 17.8 Å². The highest BCUT2D eigenvalue weighted by Gasteiger charge is 2.25. The van der Waals surface area contributed by atoms with Gasteiger partial charge < -0.3 is 14.6 Å². The summed E-state index contributed by atoms with van der Waals surface area (Å²) >= 11 is 0. The molecule has 0 saturated carbocycles. The van der Waals surface area contributed by atoms with Crippen molar-refractivity contribution in [3.8, 4) is 17.6 Å². The molecule has 0 saturated heterocycles. The molecule has 1 N–H and O–H groups in total. The van der Waals surface area contributed by atoms with Gasteiger partial charge in [0.25, 0.3) is 0 Å². The summed E-state index contributed by atoms with van der Waals surface area (Å²) in [6.45, 7) is 1.65. The second-order valence-electron chi connectivity index (χ2n) is 6.18. The van der Waals surface area contributed by atoms with Crippen LogP contribution in [0.3, 0.4) is 0 Å². The van der Waals surface area contributed by atoms with E-state index < -0.39 is 17.9 Å². The van der Waals surface area contributed by atoms with Gasteiger partial charge in [-0.15, -0.1) is 0 Å². The van der Waals surface area contributed by atoms with Crippen LogP contribution in [0.1, 0.15) is 28.5 Å². The molecule has 0 radical (unpaired) electrons. The number of aryl methyl sites for hydroxylation is 1. The summed E-state index contributed by atoms with van der Waals surface area (Å²) < 4.78 is 24.9. The van der Waals surface area contributed by atoms with E-state index in [9.17, 15) is 19.6 Å². The smallest absolute Gasteiger partial charge is 0.349 e. The second-order valence-corrected chi connectivity index (χ2v) is 6.18. The molecule has 6 nitrogen and oxygen atoms in total. The largest absolute Gasteiger partial charge is 0.487 e. The van der Waals surface area contributed by atoms with E-state index in [0.717, 1.165) is 5.56 Å².